The summed E-state index contributed by atoms with van der Waals surface area (Å²) in [5.41, 5.74) is 2.33. The number of hydrogen-bond donors (Lipinski definition) is 1. The van der Waals surface area contributed by atoms with Gasteiger partial charge in [0.05, 0.1) is 37.5 Å². The molecule has 0 aliphatic carbocycles. The van der Waals surface area contributed by atoms with Gasteiger partial charge in [-0.05, 0) is 66.6 Å². The van der Waals surface area contributed by atoms with E-state index in [0.717, 1.165) is 0 Å². The number of methoxy groups -OCH3 is 2. The number of nitriles is 1. The van der Waals surface area contributed by atoms with Gasteiger partial charge in [-0.25, -0.2) is 0 Å². The second-order valence-corrected chi connectivity index (χ2v) is 7.61. The van der Waals surface area contributed by atoms with Gasteiger partial charge in [-0.15, -0.1) is 0 Å². The van der Waals surface area contributed by atoms with Crippen LogP contribution in [0.5, 0.6) is 23.0 Å². The lowest BCUT2D eigenvalue weighted by Crippen LogP contribution is -2.20. The number of nitrogens with one attached hydrogen (secondary N) is 1. The number of halogens is 1. The lowest BCUT2D eigenvalue weighted by Gasteiger charge is -2.15. The van der Waals surface area contributed by atoms with E-state index in [0.29, 0.717) is 46.2 Å². The molecule has 0 fully saturated rings. The Kier molecular flexibility index (Phi) is 8.99. The second kappa shape index (κ2) is 12.4. The Bertz CT molecular complexity index is 1250. The molecule has 0 saturated carbocycles. The van der Waals surface area contributed by atoms with Crippen molar-refractivity contribution in [3.05, 3.63) is 76.8 Å². The van der Waals surface area contributed by atoms with Crippen molar-refractivity contribution in [2.24, 2.45) is 0 Å². The Balaban J connectivity index is 1.85. The molecule has 1 N–H and O–H groups in total. The number of para-hydroxylation sites is 1. The quantitative estimate of drug-likeness (QED) is 0.282. The predicted octanol–water partition coefficient (Wildman–Crippen LogP) is 5.84. The molecule has 0 spiro atoms. The molecule has 0 saturated heterocycles. The molecule has 0 bridgehead atoms. The SMILES string of the molecule is CCOc1cc(/C=C(\C#N)c2ccc(OC)c(OC)c2)cc(Cl)c1OCC(=O)Nc1ccccc1. The smallest absolute Gasteiger partial charge is 0.262 e. The van der Waals surface area contributed by atoms with Gasteiger partial charge < -0.3 is 24.3 Å². The molecule has 3 rings (SSSR count). The minimum atomic E-state index is -0.334. The number of benzene rings is 3. The fourth-order valence-electron chi connectivity index (χ4n) is 3.28. The molecular formula is C27H25ClN2O5. The standard InChI is InChI=1S/C27H25ClN2O5/c1-4-34-25-14-18(12-20(16-29)19-10-11-23(32-2)24(15-19)33-3)13-22(28)27(25)35-17-26(31)30-21-8-6-5-7-9-21/h5-15H,4,17H2,1-3H3,(H,30,31)/b20-12+. The first kappa shape index (κ1) is 25.5. The van der Waals surface area contributed by atoms with Crippen LogP contribution >= 0.6 is 11.6 Å². The molecule has 0 aliphatic heterocycles. The summed E-state index contributed by atoms with van der Waals surface area (Å²) < 4.78 is 22.0. The average molecular weight is 493 g/mol. The number of carbonyl (C=O) groups excluding carboxylic acids is 1. The Hall–Kier alpha value is -4.15. The van der Waals surface area contributed by atoms with E-state index >= 15 is 0 Å². The molecule has 3 aromatic rings. The monoisotopic (exact) mass is 492 g/mol. The highest BCUT2D eigenvalue weighted by molar-refractivity contribution is 6.32. The fourth-order valence-corrected chi connectivity index (χ4v) is 3.55. The largest absolute Gasteiger partial charge is 0.493 e. The first-order valence-electron chi connectivity index (χ1n) is 10.8. The third kappa shape index (κ3) is 6.69. The molecular weight excluding hydrogens is 468 g/mol. The summed E-state index contributed by atoms with van der Waals surface area (Å²) in [4.78, 5) is 12.3. The maximum absolute atomic E-state index is 12.3. The minimum absolute atomic E-state index is 0.249. The van der Waals surface area contributed by atoms with Crippen molar-refractivity contribution in [2.75, 3.05) is 32.8 Å². The summed E-state index contributed by atoms with van der Waals surface area (Å²) >= 11 is 6.49. The lowest BCUT2D eigenvalue weighted by atomic mass is 10.0. The van der Waals surface area contributed by atoms with Crippen LogP contribution in [0, 0.1) is 11.3 Å². The summed E-state index contributed by atoms with van der Waals surface area (Å²) in [7, 11) is 3.08. The number of ether oxygens (including phenoxy) is 4. The van der Waals surface area contributed by atoms with Gasteiger partial charge >= 0.3 is 0 Å². The molecule has 0 unspecified atom stereocenters. The molecule has 0 aromatic heterocycles. The summed E-state index contributed by atoms with van der Waals surface area (Å²) in [6.07, 6.45) is 1.68. The van der Waals surface area contributed by atoms with Crippen molar-refractivity contribution >= 4 is 34.8 Å². The molecule has 7 nitrogen and oxygen atoms in total. The van der Waals surface area contributed by atoms with Crippen molar-refractivity contribution in [2.45, 2.75) is 6.92 Å². The zero-order valence-corrected chi connectivity index (χ0v) is 20.4. The van der Waals surface area contributed by atoms with Crippen molar-refractivity contribution in [1.82, 2.24) is 0 Å². The van der Waals surface area contributed by atoms with Gasteiger partial charge in [0.2, 0.25) is 0 Å². The van der Waals surface area contributed by atoms with E-state index in [9.17, 15) is 10.1 Å². The van der Waals surface area contributed by atoms with Crippen LogP contribution in [0.3, 0.4) is 0 Å². The van der Waals surface area contributed by atoms with E-state index in [1.54, 1.807) is 55.7 Å². The van der Waals surface area contributed by atoms with Gasteiger partial charge in [-0.3, -0.25) is 4.79 Å². The van der Waals surface area contributed by atoms with Crippen LogP contribution in [0.15, 0.2) is 60.7 Å². The van der Waals surface area contributed by atoms with Crippen LogP contribution in [-0.2, 0) is 4.79 Å². The second-order valence-electron chi connectivity index (χ2n) is 7.21. The third-order valence-electron chi connectivity index (χ3n) is 4.86. The molecule has 0 atom stereocenters. The van der Waals surface area contributed by atoms with E-state index in [4.69, 9.17) is 30.5 Å². The molecule has 8 heteroatoms. The molecule has 1 amide bonds. The molecule has 35 heavy (non-hydrogen) atoms. The number of nitrogens with zero attached hydrogens (tertiary/aromatic N) is 1. The summed E-state index contributed by atoms with van der Waals surface area (Å²) in [5.74, 6) is 1.35. The highest BCUT2D eigenvalue weighted by atomic mass is 35.5. The van der Waals surface area contributed by atoms with E-state index in [1.165, 1.54) is 7.11 Å². The van der Waals surface area contributed by atoms with Crippen molar-refractivity contribution < 1.29 is 23.7 Å². The van der Waals surface area contributed by atoms with Gasteiger partial charge in [-0.2, -0.15) is 5.26 Å². The number of carbonyl (C=O) groups is 1. The number of hydrogen-bond acceptors (Lipinski definition) is 6. The zero-order chi connectivity index (χ0) is 25.2. The number of amides is 1. The molecule has 180 valence electrons. The zero-order valence-electron chi connectivity index (χ0n) is 19.6. The van der Waals surface area contributed by atoms with Gasteiger partial charge in [0.1, 0.15) is 0 Å². The third-order valence-corrected chi connectivity index (χ3v) is 5.14. The predicted molar refractivity (Wildman–Crippen MR) is 136 cm³/mol. The van der Waals surface area contributed by atoms with Crippen LogP contribution in [0.1, 0.15) is 18.1 Å². The molecule has 0 heterocycles. The summed E-state index contributed by atoms with van der Waals surface area (Å²) in [5, 5.41) is 12.8. The van der Waals surface area contributed by atoms with Crippen LogP contribution in [0.2, 0.25) is 5.02 Å². The van der Waals surface area contributed by atoms with Gasteiger partial charge in [0.15, 0.2) is 29.6 Å². The maximum atomic E-state index is 12.3. The highest BCUT2D eigenvalue weighted by Gasteiger charge is 2.15. The first-order chi connectivity index (χ1) is 17.0. The number of allylic oxidation sites excluding steroid dienone is 1. The summed E-state index contributed by atoms with van der Waals surface area (Å²) in [6, 6.07) is 19.8. The van der Waals surface area contributed by atoms with Gasteiger partial charge in [-0.1, -0.05) is 29.8 Å². The van der Waals surface area contributed by atoms with Crippen LogP contribution < -0.4 is 24.3 Å². The topological polar surface area (TPSA) is 89.8 Å². The van der Waals surface area contributed by atoms with Gasteiger partial charge in [0, 0.05) is 5.69 Å². The Morgan fingerprint density at radius 1 is 1.00 bits per heavy atom. The molecule has 0 radical (unpaired) electrons. The summed E-state index contributed by atoms with van der Waals surface area (Å²) in [6.45, 7) is 1.93. The van der Waals surface area contributed by atoms with E-state index in [2.05, 4.69) is 11.4 Å². The van der Waals surface area contributed by atoms with Crippen LogP contribution in [0.4, 0.5) is 5.69 Å². The fraction of sp³-hybridized carbons (Fsp3) is 0.185. The van der Waals surface area contributed by atoms with E-state index in [-0.39, 0.29) is 23.3 Å². The molecule has 0 aliphatic rings. The Morgan fingerprint density at radius 2 is 1.74 bits per heavy atom. The lowest BCUT2D eigenvalue weighted by molar-refractivity contribution is -0.118. The van der Waals surface area contributed by atoms with Crippen LogP contribution in [-0.4, -0.2) is 33.3 Å². The van der Waals surface area contributed by atoms with Crippen molar-refractivity contribution in [1.29, 1.82) is 5.26 Å². The van der Waals surface area contributed by atoms with Gasteiger partial charge in [0.25, 0.3) is 5.91 Å². The molecule has 3 aromatic carbocycles. The van der Waals surface area contributed by atoms with E-state index < -0.39 is 0 Å². The normalized spacial score (nSPS) is 10.8. The maximum Gasteiger partial charge on any atom is 0.262 e. The first-order valence-corrected chi connectivity index (χ1v) is 11.1. The van der Waals surface area contributed by atoms with E-state index in [1.807, 2.05) is 25.1 Å². The van der Waals surface area contributed by atoms with Crippen LogP contribution in [0.25, 0.3) is 11.6 Å². The average Bonchev–Trinajstić information content (AvgIpc) is 2.87. The highest BCUT2D eigenvalue weighted by Crippen LogP contribution is 2.38. The Labute approximate surface area is 209 Å². The number of anilines is 1. The van der Waals surface area contributed by atoms with Crippen molar-refractivity contribution in [3.63, 3.8) is 0 Å². The Morgan fingerprint density at radius 3 is 2.40 bits per heavy atom. The number of rotatable bonds is 10. The minimum Gasteiger partial charge on any atom is -0.493 e. The van der Waals surface area contributed by atoms with Crippen molar-refractivity contribution in [3.8, 4) is 29.1 Å².